The van der Waals surface area contributed by atoms with Crippen molar-refractivity contribution in [2.75, 3.05) is 0 Å². The molecule has 0 aliphatic carbocycles. The average molecular weight is 970 g/mol. The molecule has 5 heteroatoms. The number of furan rings is 1. The molecule has 0 aliphatic heterocycles. The largest absolute Gasteiger partial charge is 0.455 e. The number of hydrogen-bond donors (Lipinski definition) is 0. The minimum absolute atomic E-state index is 0.125. The van der Waals surface area contributed by atoms with Gasteiger partial charge < -0.3 is 4.42 Å². The number of nitrogens with zero attached hydrogens (tertiary/aromatic N) is 4. The Labute approximate surface area is 442 Å². The van der Waals surface area contributed by atoms with Crippen LogP contribution >= 0.6 is 0 Å². The highest BCUT2D eigenvalue weighted by Crippen LogP contribution is 2.43. The molecule has 0 spiro atoms. The maximum absolute atomic E-state index is 10.3. The Morgan fingerprint density at radius 1 is 0.500 bits per heavy atom. The highest BCUT2D eigenvalue weighted by atomic mass is 16.3. The van der Waals surface area contributed by atoms with Gasteiger partial charge in [0.25, 0.3) is 0 Å². The summed E-state index contributed by atoms with van der Waals surface area (Å²) < 4.78 is 35.6. The first-order valence-corrected chi connectivity index (χ1v) is 25.7. The predicted octanol–water partition coefficient (Wildman–Crippen LogP) is 17.5. The third-order valence-corrected chi connectivity index (χ3v) is 14.5. The number of nitriles is 1. The molecule has 0 aliphatic rings. The standard InChI is InChI=1S/C69H66N4O/c1-66(2,3)41-53-37-62(58-27-19-26-56-57-31-28-52(42-70)63(65(57)74-64(56)58)51-24-17-12-18-25-51)73-45-59(53)69(8,9)40-48-35-46(38-67(4,5)54-29-32-60(71-43-54)49-20-13-10-14-21-49)34-47(36-48)39-68(6,7)55-30-33-61(72-44-55)50-22-15-11-16-23-50/h10-37,43-45H,38-41H2,1-9H3/i28D,41D2. The molecule has 4 heterocycles. The predicted molar refractivity (Wildman–Crippen MR) is 306 cm³/mol. The minimum atomic E-state index is -1.78. The number of aromatic nitrogens is 3. The smallest absolute Gasteiger partial charge is 0.144 e. The van der Waals surface area contributed by atoms with Gasteiger partial charge in [-0.25, -0.2) is 0 Å². The lowest BCUT2D eigenvalue weighted by molar-refractivity contribution is 0.403. The maximum atomic E-state index is 10.3. The molecule has 368 valence electrons. The lowest BCUT2D eigenvalue weighted by Crippen LogP contribution is -2.26. The zero-order chi connectivity index (χ0) is 54.5. The molecule has 74 heavy (non-hydrogen) atoms. The zero-order valence-electron chi connectivity index (χ0n) is 47.1. The van der Waals surface area contributed by atoms with E-state index in [1.54, 1.807) is 6.07 Å². The molecule has 0 bridgehead atoms. The fourth-order valence-electron chi connectivity index (χ4n) is 10.7. The molecule has 0 atom stereocenters. The Bertz CT molecular complexity index is 3700. The summed E-state index contributed by atoms with van der Waals surface area (Å²) in [6, 6.07) is 57.9. The van der Waals surface area contributed by atoms with Crippen LogP contribution in [0.15, 0.2) is 193 Å². The molecule has 10 aromatic rings. The Balaban J connectivity index is 1.05. The molecule has 0 unspecified atom stereocenters. The Kier molecular flexibility index (Phi) is 12.3. The van der Waals surface area contributed by atoms with E-state index in [0.29, 0.717) is 40.0 Å². The number of para-hydroxylation sites is 1. The van der Waals surface area contributed by atoms with Crippen LogP contribution in [-0.2, 0) is 41.9 Å². The normalized spacial score (nSPS) is 13.1. The van der Waals surface area contributed by atoms with Crippen molar-refractivity contribution in [3.8, 4) is 51.0 Å². The van der Waals surface area contributed by atoms with Crippen LogP contribution in [0.1, 0.15) is 111 Å². The van der Waals surface area contributed by atoms with Gasteiger partial charge in [-0.15, -0.1) is 0 Å². The van der Waals surface area contributed by atoms with E-state index in [0.717, 1.165) is 68.4 Å². The SMILES string of the molecule is [2H]c1cc2c(oc3c(-c4cc(C([2H])([2H])C(C)(C)C)c(C(C)(C)Cc5cc(CC(C)(C)c6ccc(-c7ccccc7)nc6)cc(CC(C)(C)c6ccc(-c7ccccc7)nc6)c5)cn4)cccc32)c(-c2ccccc2)c1C#N. The van der Waals surface area contributed by atoms with Crippen molar-refractivity contribution in [1.82, 2.24) is 15.0 Å². The summed E-state index contributed by atoms with van der Waals surface area (Å²) in [7, 11) is 0. The van der Waals surface area contributed by atoms with Crippen molar-refractivity contribution in [3.05, 3.63) is 233 Å². The summed E-state index contributed by atoms with van der Waals surface area (Å²) in [4.78, 5) is 15.1. The van der Waals surface area contributed by atoms with Crippen LogP contribution in [0.4, 0.5) is 0 Å². The molecule has 0 saturated carbocycles. The summed E-state index contributed by atoms with van der Waals surface area (Å²) in [5.41, 5.74) is 13.6. The summed E-state index contributed by atoms with van der Waals surface area (Å²) in [6.45, 7) is 19.5. The highest BCUT2D eigenvalue weighted by Gasteiger charge is 2.30. The van der Waals surface area contributed by atoms with Crippen molar-refractivity contribution in [2.24, 2.45) is 5.41 Å². The van der Waals surface area contributed by atoms with E-state index in [4.69, 9.17) is 20.7 Å². The van der Waals surface area contributed by atoms with E-state index < -0.39 is 17.2 Å². The van der Waals surface area contributed by atoms with E-state index in [2.05, 4.69) is 114 Å². The first-order valence-electron chi connectivity index (χ1n) is 27.2. The lowest BCUT2D eigenvalue weighted by Gasteiger charge is -2.32. The molecule has 0 saturated heterocycles. The Morgan fingerprint density at radius 3 is 1.47 bits per heavy atom. The van der Waals surface area contributed by atoms with Crippen LogP contribution in [-0.4, -0.2) is 15.0 Å². The number of hydrogen-bond acceptors (Lipinski definition) is 5. The van der Waals surface area contributed by atoms with Crippen molar-refractivity contribution >= 4 is 21.9 Å². The van der Waals surface area contributed by atoms with Crippen molar-refractivity contribution < 1.29 is 8.53 Å². The van der Waals surface area contributed by atoms with Crippen LogP contribution in [0.3, 0.4) is 0 Å². The van der Waals surface area contributed by atoms with Gasteiger partial charge in [-0.3, -0.25) is 15.0 Å². The first kappa shape index (κ1) is 45.9. The second-order valence-electron chi connectivity index (χ2n) is 23.0. The quantitative estimate of drug-likeness (QED) is 0.109. The summed E-state index contributed by atoms with van der Waals surface area (Å²) in [6.07, 6.45) is 6.35. The fourth-order valence-corrected chi connectivity index (χ4v) is 10.7. The van der Waals surface area contributed by atoms with Gasteiger partial charge in [0.1, 0.15) is 11.2 Å². The van der Waals surface area contributed by atoms with Gasteiger partial charge in [-0.2, -0.15) is 5.26 Å². The van der Waals surface area contributed by atoms with Crippen LogP contribution in [0.25, 0.3) is 66.8 Å². The van der Waals surface area contributed by atoms with Gasteiger partial charge >= 0.3 is 0 Å². The van der Waals surface area contributed by atoms with Crippen LogP contribution in [0.2, 0.25) is 0 Å². The third kappa shape index (κ3) is 10.5. The van der Waals surface area contributed by atoms with E-state index in [-0.39, 0.29) is 22.4 Å². The average Bonchev–Trinajstić information content (AvgIpc) is 3.91. The van der Waals surface area contributed by atoms with Gasteiger partial charge in [0.05, 0.1) is 30.1 Å². The number of rotatable bonds is 14. The summed E-state index contributed by atoms with van der Waals surface area (Å²) >= 11 is 0. The van der Waals surface area contributed by atoms with Gasteiger partial charge in [-0.1, -0.05) is 196 Å². The molecule has 0 amide bonds. The lowest BCUT2D eigenvalue weighted by atomic mass is 9.73. The first-order chi connectivity index (χ1) is 36.6. The highest BCUT2D eigenvalue weighted by molar-refractivity contribution is 6.13. The van der Waals surface area contributed by atoms with Crippen molar-refractivity contribution in [3.63, 3.8) is 0 Å². The Morgan fingerprint density at radius 2 is 0.986 bits per heavy atom. The third-order valence-electron chi connectivity index (χ3n) is 14.5. The van der Waals surface area contributed by atoms with E-state index in [9.17, 15) is 8.00 Å². The second kappa shape index (κ2) is 19.8. The minimum Gasteiger partial charge on any atom is -0.455 e. The molecule has 4 aromatic heterocycles. The summed E-state index contributed by atoms with van der Waals surface area (Å²) in [5.74, 6) is 0. The van der Waals surface area contributed by atoms with Gasteiger partial charge in [-0.05, 0) is 128 Å². The maximum Gasteiger partial charge on any atom is 0.144 e. The van der Waals surface area contributed by atoms with E-state index >= 15 is 0 Å². The van der Waals surface area contributed by atoms with E-state index in [1.165, 1.54) is 16.7 Å². The molecule has 6 aromatic carbocycles. The zero-order valence-corrected chi connectivity index (χ0v) is 44.1. The molecular weight excluding hydrogens is 901 g/mol. The molecule has 10 rings (SSSR count). The van der Waals surface area contributed by atoms with Gasteiger partial charge in [0, 0.05) is 54.4 Å². The van der Waals surface area contributed by atoms with Crippen molar-refractivity contribution in [2.45, 2.75) is 104 Å². The van der Waals surface area contributed by atoms with Crippen LogP contribution in [0, 0.1) is 16.7 Å². The Hall–Kier alpha value is -7.94. The van der Waals surface area contributed by atoms with E-state index in [1.807, 2.05) is 130 Å². The summed E-state index contributed by atoms with van der Waals surface area (Å²) in [5, 5.41) is 11.8. The molecule has 5 nitrogen and oxygen atoms in total. The number of benzene rings is 6. The molecular formula is C69H66N4O. The number of pyridine rings is 3. The second-order valence-corrected chi connectivity index (χ2v) is 23.0. The molecule has 0 radical (unpaired) electrons. The topological polar surface area (TPSA) is 75.6 Å². The molecule has 0 fully saturated rings. The monoisotopic (exact) mass is 970 g/mol. The van der Waals surface area contributed by atoms with Gasteiger partial charge in [0.15, 0.2) is 0 Å². The van der Waals surface area contributed by atoms with Crippen LogP contribution in [0.5, 0.6) is 0 Å². The molecule has 0 N–H and O–H groups in total. The fraction of sp³-hybridized carbons (Fsp3) is 0.246. The van der Waals surface area contributed by atoms with Gasteiger partial charge in [0.2, 0.25) is 0 Å². The van der Waals surface area contributed by atoms with Crippen LogP contribution < -0.4 is 0 Å². The number of fused-ring (bicyclic) bond motifs is 3. The van der Waals surface area contributed by atoms with Crippen molar-refractivity contribution in [1.29, 1.82) is 5.26 Å².